The molecular weight excluding hydrogens is 308 g/mol. The second kappa shape index (κ2) is 5.61. The summed E-state index contributed by atoms with van der Waals surface area (Å²) in [6.45, 7) is 1.04. The van der Waals surface area contributed by atoms with Crippen molar-refractivity contribution in [3.05, 3.63) is 33.8 Å². The van der Waals surface area contributed by atoms with E-state index >= 15 is 0 Å². The zero-order valence-corrected chi connectivity index (χ0v) is 11.3. The molecule has 3 nitrogen and oxygen atoms in total. The lowest BCUT2D eigenvalue weighted by molar-refractivity contribution is 0.0267. The van der Waals surface area contributed by atoms with Crippen LogP contribution in [0.25, 0.3) is 0 Å². The number of halogens is 3. The van der Waals surface area contributed by atoms with Crippen LogP contribution >= 0.6 is 15.9 Å². The molecule has 1 aromatic carbocycles. The van der Waals surface area contributed by atoms with E-state index in [1.54, 1.807) is 0 Å². The molecule has 0 spiro atoms. The molecular formula is C12H14BrF2NO2. The highest BCUT2D eigenvalue weighted by Crippen LogP contribution is 2.22. The molecule has 1 aromatic rings. The highest BCUT2D eigenvalue weighted by molar-refractivity contribution is 9.10. The van der Waals surface area contributed by atoms with Crippen molar-refractivity contribution in [3.63, 3.8) is 0 Å². The van der Waals surface area contributed by atoms with Gasteiger partial charge in [-0.1, -0.05) is 0 Å². The standard InChI is InChI=1S/C12H14BrF2NO2/c13-9-1-2-10(14)8(11(9)15)5-16-6-12(17)3-4-18-7-12/h1-2,16-17H,3-7H2. The van der Waals surface area contributed by atoms with Gasteiger partial charge in [0.25, 0.3) is 0 Å². The zero-order valence-electron chi connectivity index (χ0n) is 9.68. The van der Waals surface area contributed by atoms with Crippen LogP contribution in [-0.2, 0) is 11.3 Å². The van der Waals surface area contributed by atoms with Crippen molar-refractivity contribution in [2.24, 2.45) is 0 Å². The first-order valence-corrected chi connectivity index (χ1v) is 6.44. The molecule has 0 amide bonds. The summed E-state index contributed by atoms with van der Waals surface area (Å²) in [4.78, 5) is 0. The molecule has 1 heterocycles. The fourth-order valence-electron chi connectivity index (χ4n) is 1.89. The average Bonchev–Trinajstić information content (AvgIpc) is 2.76. The van der Waals surface area contributed by atoms with Crippen molar-refractivity contribution in [2.75, 3.05) is 19.8 Å². The van der Waals surface area contributed by atoms with E-state index in [1.165, 1.54) is 12.1 Å². The third kappa shape index (κ3) is 3.06. The van der Waals surface area contributed by atoms with E-state index in [4.69, 9.17) is 4.74 Å². The minimum absolute atomic E-state index is 0.0272. The third-order valence-corrected chi connectivity index (χ3v) is 3.59. The lowest BCUT2D eigenvalue weighted by atomic mass is 10.0. The Kier molecular flexibility index (Phi) is 4.32. The molecule has 1 fully saturated rings. The fourth-order valence-corrected chi connectivity index (χ4v) is 2.26. The van der Waals surface area contributed by atoms with Crippen LogP contribution < -0.4 is 5.32 Å². The van der Waals surface area contributed by atoms with E-state index in [0.29, 0.717) is 13.0 Å². The number of hydrogen-bond acceptors (Lipinski definition) is 3. The van der Waals surface area contributed by atoms with Crippen molar-refractivity contribution in [1.82, 2.24) is 5.32 Å². The topological polar surface area (TPSA) is 41.5 Å². The normalized spacial score (nSPS) is 23.6. The molecule has 2 N–H and O–H groups in total. The van der Waals surface area contributed by atoms with Crippen molar-refractivity contribution in [1.29, 1.82) is 0 Å². The molecule has 1 aliphatic rings. The van der Waals surface area contributed by atoms with Gasteiger partial charge in [-0.05, 0) is 28.1 Å². The number of ether oxygens (including phenoxy) is 1. The van der Waals surface area contributed by atoms with Gasteiger partial charge in [0.2, 0.25) is 0 Å². The molecule has 1 aliphatic heterocycles. The quantitative estimate of drug-likeness (QED) is 0.833. The predicted octanol–water partition coefficient (Wildman–Crippen LogP) is 1.97. The second-order valence-electron chi connectivity index (χ2n) is 4.45. The van der Waals surface area contributed by atoms with Gasteiger partial charge in [0.15, 0.2) is 0 Å². The van der Waals surface area contributed by atoms with Gasteiger partial charge in [-0.15, -0.1) is 0 Å². The SMILES string of the molecule is OC1(CNCc2c(F)ccc(Br)c2F)CCOC1. The first-order valence-electron chi connectivity index (χ1n) is 5.65. The summed E-state index contributed by atoms with van der Waals surface area (Å²) in [7, 11) is 0. The highest BCUT2D eigenvalue weighted by Gasteiger charge is 2.31. The van der Waals surface area contributed by atoms with Gasteiger partial charge < -0.3 is 15.2 Å². The van der Waals surface area contributed by atoms with Gasteiger partial charge in [0.05, 0.1) is 11.1 Å². The van der Waals surface area contributed by atoms with Gasteiger partial charge in [-0.25, -0.2) is 8.78 Å². The van der Waals surface area contributed by atoms with Crippen LogP contribution in [0.3, 0.4) is 0 Å². The molecule has 100 valence electrons. The van der Waals surface area contributed by atoms with Crippen molar-refractivity contribution in [2.45, 2.75) is 18.6 Å². The number of aliphatic hydroxyl groups is 1. The monoisotopic (exact) mass is 321 g/mol. The summed E-state index contributed by atoms with van der Waals surface area (Å²) in [5.74, 6) is -1.21. The van der Waals surface area contributed by atoms with Gasteiger partial charge >= 0.3 is 0 Å². The van der Waals surface area contributed by atoms with E-state index < -0.39 is 17.2 Å². The number of rotatable bonds is 4. The van der Waals surface area contributed by atoms with E-state index in [0.717, 1.165) is 0 Å². The van der Waals surface area contributed by atoms with E-state index in [2.05, 4.69) is 21.2 Å². The largest absolute Gasteiger partial charge is 0.386 e. The smallest absolute Gasteiger partial charge is 0.144 e. The summed E-state index contributed by atoms with van der Waals surface area (Å²) >= 11 is 3.01. The van der Waals surface area contributed by atoms with Crippen LogP contribution in [0.5, 0.6) is 0 Å². The molecule has 0 aromatic heterocycles. The first-order chi connectivity index (χ1) is 8.52. The van der Waals surface area contributed by atoms with E-state index in [1.807, 2.05) is 0 Å². The Morgan fingerprint density at radius 1 is 1.44 bits per heavy atom. The maximum absolute atomic E-state index is 13.6. The summed E-state index contributed by atoms with van der Waals surface area (Å²) < 4.78 is 32.4. The second-order valence-corrected chi connectivity index (χ2v) is 5.31. The summed E-state index contributed by atoms with van der Waals surface area (Å²) in [6.07, 6.45) is 0.531. The third-order valence-electron chi connectivity index (χ3n) is 2.98. The maximum atomic E-state index is 13.6. The summed E-state index contributed by atoms with van der Waals surface area (Å²) in [5, 5.41) is 12.8. The molecule has 0 saturated carbocycles. The lowest BCUT2D eigenvalue weighted by Crippen LogP contribution is -2.41. The van der Waals surface area contributed by atoms with Gasteiger partial charge in [0, 0.05) is 31.7 Å². The Morgan fingerprint density at radius 2 is 2.22 bits per heavy atom. The van der Waals surface area contributed by atoms with Crippen molar-refractivity contribution in [3.8, 4) is 0 Å². The van der Waals surface area contributed by atoms with Gasteiger partial charge in [0.1, 0.15) is 17.2 Å². The van der Waals surface area contributed by atoms with Crippen LogP contribution in [0.15, 0.2) is 16.6 Å². The molecule has 1 unspecified atom stereocenters. The Hall–Kier alpha value is -0.560. The molecule has 18 heavy (non-hydrogen) atoms. The van der Waals surface area contributed by atoms with Gasteiger partial charge in [-0.3, -0.25) is 0 Å². The lowest BCUT2D eigenvalue weighted by Gasteiger charge is -2.21. The predicted molar refractivity (Wildman–Crippen MR) is 66.2 cm³/mol. The molecule has 2 rings (SSSR count). The molecule has 6 heteroatoms. The van der Waals surface area contributed by atoms with E-state index in [-0.39, 0.29) is 29.7 Å². The highest BCUT2D eigenvalue weighted by atomic mass is 79.9. The molecule has 0 radical (unpaired) electrons. The Balaban J connectivity index is 1.96. The van der Waals surface area contributed by atoms with Crippen LogP contribution in [-0.4, -0.2) is 30.5 Å². The van der Waals surface area contributed by atoms with Crippen molar-refractivity contribution >= 4 is 15.9 Å². The molecule has 0 bridgehead atoms. The minimum Gasteiger partial charge on any atom is -0.386 e. The Morgan fingerprint density at radius 3 is 2.89 bits per heavy atom. The number of benzene rings is 1. The van der Waals surface area contributed by atoms with Crippen LogP contribution in [0.1, 0.15) is 12.0 Å². The Bertz CT molecular complexity index is 436. The molecule has 1 atom stereocenters. The maximum Gasteiger partial charge on any atom is 0.144 e. The zero-order chi connectivity index (χ0) is 13.2. The first kappa shape index (κ1) is 13.9. The average molecular weight is 322 g/mol. The minimum atomic E-state index is -0.932. The molecule has 1 saturated heterocycles. The van der Waals surface area contributed by atoms with Crippen LogP contribution in [0, 0.1) is 11.6 Å². The van der Waals surface area contributed by atoms with E-state index in [9.17, 15) is 13.9 Å². The van der Waals surface area contributed by atoms with Crippen LogP contribution in [0.4, 0.5) is 8.78 Å². The summed E-state index contributed by atoms with van der Waals surface area (Å²) in [5.41, 5.74) is -0.967. The summed E-state index contributed by atoms with van der Waals surface area (Å²) in [6, 6.07) is 2.53. The van der Waals surface area contributed by atoms with Crippen molar-refractivity contribution < 1.29 is 18.6 Å². The molecule has 0 aliphatic carbocycles. The number of hydrogen-bond donors (Lipinski definition) is 2. The van der Waals surface area contributed by atoms with Gasteiger partial charge in [-0.2, -0.15) is 0 Å². The van der Waals surface area contributed by atoms with Crippen LogP contribution in [0.2, 0.25) is 0 Å². The Labute approximate surface area is 112 Å². The number of nitrogens with one attached hydrogen (secondary N) is 1. The fraction of sp³-hybridized carbons (Fsp3) is 0.500.